The van der Waals surface area contributed by atoms with Crippen LogP contribution >= 0.6 is 0 Å². The van der Waals surface area contributed by atoms with Gasteiger partial charge in [0.15, 0.2) is 0 Å². The fourth-order valence-corrected chi connectivity index (χ4v) is 10.2. The maximum absolute atomic E-state index is 12.9. The third-order valence-electron chi connectivity index (χ3n) is 13.4. The second-order valence-electron chi connectivity index (χ2n) is 17.5. The number of rotatable bonds is 11. The van der Waals surface area contributed by atoms with Crippen LogP contribution in [0.5, 0.6) is 11.6 Å². The zero-order valence-corrected chi connectivity index (χ0v) is 36.7. The summed E-state index contributed by atoms with van der Waals surface area (Å²) in [6, 6.07) is 12.1. The summed E-state index contributed by atoms with van der Waals surface area (Å²) in [7, 11) is 2.16. The van der Waals surface area contributed by atoms with Gasteiger partial charge in [-0.2, -0.15) is 5.10 Å². The quantitative estimate of drug-likeness (QED) is 0.124. The molecule has 0 aliphatic carbocycles. The first-order chi connectivity index (χ1) is 31.6. The van der Waals surface area contributed by atoms with Crippen LogP contribution in [0.15, 0.2) is 86.8 Å². The molecule has 10 rings (SSSR count). The number of aryl methyl sites for hydroxylation is 1. The molecule has 17 nitrogen and oxygen atoms in total. The lowest BCUT2D eigenvalue weighted by Crippen LogP contribution is -2.31. The van der Waals surface area contributed by atoms with Crippen LogP contribution in [0, 0.1) is 6.92 Å². The summed E-state index contributed by atoms with van der Waals surface area (Å²) in [6.07, 6.45) is 13.3. The molecule has 2 atom stereocenters. The lowest BCUT2D eigenvalue weighted by atomic mass is 9.95. The van der Waals surface area contributed by atoms with Crippen LogP contribution in [0.3, 0.4) is 0 Å². The van der Waals surface area contributed by atoms with Gasteiger partial charge in [-0.3, -0.25) is 14.3 Å². The summed E-state index contributed by atoms with van der Waals surface area (Å²) in [5.41, 5.74) is 22.0. The molecule has 17 heteroatoms. The fraction of sp³-hybridized carbons (Fsp3) is 0.333. The third kappa shape index (κ3) is 7.75. The van der Waals surface area contributed by atoms with Gasteiger partial charge in [-0.1, -0.05) is 25.3 Å². The van der Waals surface area contributed by atoms with Crippen molar-refractivity contribution in [2.45, 2.75) is 57.0 Å². The number of hydrogen-bond donors (Lipinski definition) is 3. The van der Waals surface area contributed by atoms with E-state index in [1.54, 1.807) is 0 Å². The van der Waals surface area contributed by atoms with Crippen molar-refractivity contribution in [2.75, 3.05) is 57.8 Å². The Bertz CT molecular complexity index is 2980. The normalized spacial score (nSPS) is 18.2. The number of nitrogens with zero attached hydrogens (tertiary/aromatic N) is 11. The second kappa shape index (κ2) is 17.0. The predicted molar refractivity (Wildman–Crippen MR) is 249 cm³/mol. The number of H-pyrrole nitrogens is 1. The van der Waals surface area contributed by atoms with Gasteiger partial charge in [0, 0.05) is 90.6 Å². The highest BCUT2D eigenvalue weighted by atomic mass is 16.5. The van der Waals surface area contributed by atoms with Gasteiger partial charge in [0.2, 0.25) is 17.7 Å². The number of aromatic amines is 1. The number of anilines is 2. The van der Waals surface area contributed by atoms with Gasteiger partial charge in [-0.25, -0.2) is 24.9 Å². The number of piperidine rings is 1. The molecule has 3 aliphatic rings. The first kappa shape index (κ1) is 41.6. The molecule has 332 valence electrons. The average molecular weight is 873 g/mol. The standard InChI is InChI=1S/C48H52N14O3/c1-5-37(63)59-17-11-31(23-59)43-39(41-45(49)51-26-53-47(41)57-43)30-7-9-35(10-8-30)65-36-20-29(19-28(3)56-36)22-61-44(32-12-18-60(24-32)38(64)6-2)40(42-46(50)52-27-54-48(42)61)33-21-55-62(25-33)34-13-15-58(4)16-14-34/h5-10,19-21,25-27,31-32,34H,1-2,11-18,22-24H2,3-4H3,(H2,50,52,54)(H3,49,51,53,57). The number of aromatic nitrogens is 9. The van der Waals surface area contributed by atoms with Crippen LogP contribution < -0.4 is 16.2 Å². The Morgan fingerprint density at radius 3 is 2.23 bits per heavy atom. The minimum atomic E-state index is -0.0900. The van der Waals surface area contributed by atoms with Gasteiger partial charge >= 0.3 is 0 Å². The number of ether oxygens (including phenoxy) is 1. The van der Waals surface area contributed by atoms with E-state index in [9.17, 15) is 9.59 Å². The van der Waals surface area contributed by atoms with Crippen molar-refractivity contribution in [1.82, 2.24) is 59.0 Å². The first-order valence-corrected chi connectivity index (χ1v) is 22.1. The largest absolute Gasteiger partial charge is 0.439 e. The molecular weight excluding hydrogens is 821 g/mol. The van der Waals surface area contributed by atoms with E-state index in [0.29, 0.717) is 73.3 Å². The minimum Gasteiger partial charge on any atom is -0.439 e. The molecule has 1 aromatic carbocycles. The Hall–Kier alpha value is -7.40. The summed E-state index contributed by atoms with van der Waals surface area (Å²) in [5, 5.41) is 6.41. The topological polar surface area (TPSA) is 208 Å². The Labute approximate surface area is 375 Å². The van der Waals surface area contributed by atoms with E-state index in [1.165, 1.54) is 24.8 Å². The minimum absolute atomic E-state index is 0.0202. The van der Waals surface area contributed by atoms with Gasteiger partial charge in [0.25, 0.3) is 0 Å². The van der Waals surface area contributed by atoms with Crippen molar-refractivity contribution in [2.24, 2.45) is 0 Å². The van der Waals surface area contributed by atoms with E-state index in [0.717, 1.165) is 94.4 Å². The van der Waals surface area contributed by atoms with Crippen molar-refractivity contribution >= 4 is 45.5 Å². The van der Waals surface area contributed by atoms with Gasteiger partial charge in [0.1, 0.15) is 41.3 Å². The highest BCUT2D eigenvalue weighted by Crippen LogP contribution is 2.45. The highest BCUT2D eigenvalue weighted by Gasteiger charge is 2.35. The van der Waals surface area contributed by atoms with Gasteiger partial charge in [-0.05, 0) is 94.2 Å². The molecule has 0 bridgehead atoms. The average Bonchev–Trinajstić information content (AvgIpc) is 4.16. The van der Waals surface area contributed by atoms with E-state index in [-0.39, 0.29) is 23.7 Å². The van der Waals surface area contributed by atoms with E-state index in [2.05, 4.69) is 60.5 Å². The molecule has 5 N–H and O–H groups in total. The lowest BCUT2D eigenvalue weighted by Gasteiger charge is -2.29. The number of nitrogen functional groups attached to an aromatic ring is 2. The molecule has 0 spiro atoms. The predicted octanol–water partition coefficient (Wildman–Crippen LogP) is 6.21. The van der Waals surface area contributed by atoms with Crippen molar-refractivity contribution < 1.29 is 14.3 Å². The number of likely N-dealkylation sites (tertiary alicyclic amines) is 3. The molecule has 6 aromatic heterocycles. The Morgan fingerprint density at radius 2 is 1.51 bits per heavy atom. The SMILES string of the molecule is C=CC(=O)N1CCC(c2[nH]c3ncnc(N)c3c2-c2ccc(Oc3cc(Cn4c(C5CCN(C(=O)C=C)C5)c(-c5cnn(C6CCN(C)CC6)c5)c5c(N)ncnc54)cc(C)n3)cc2)C1. The number of carbonyl (C=O) groups is 2. The van der Waals surface area contributed by atoms with Crippen molar-refractivity contribution in [1.29, 1.82) is 0 Å². The van der Waals surface area contributed by atoms with E-state index in [1.807, 2.05) is 59.3 Å². The summed E-state index contributed by atoms with van der Waals surface area (Å²) in [5.74, 6) is 1.65. The van der Waals surface area contributed by atoms with Gasteiger partial charge in [-0.15, -0.1) is 0 Å². The van der Waals surface area contributed by atoms with Crippen molar-refractivity contribution in [3.8, 4) is 33.9 Å². The van der Waals surface area contributed by atoms with Gasteiger partial charge in [0.05, 0.1) is 23.0 Å². The Balaban J connectivity index is 0.986. The number of benzene rings is 1. The van der Waals surface area contributed by atoms with E-state index < -0.39 is 0 Å². The number of hydrogen-bond acceptors (Lipinski definition) is 12. The summed E-state index contributed by atoms with van der Waals surface area (Å²) in [6.45, 7) is 14.2. The molecule has 2 unspecified atom stereocenters. The molecule has 3 saturated heterocycles. The monoisotopic (exact) mass is 872 g/mol. The molecule has 0 saturated carbocycles. The lowest BCUT2D eigenvalue weighted by molar-refractivity contribution is -0.125. The number of fused-ring (bicyclic) bond motifs is 2. The van der Waals surface area contributed by atoms with Crippen LogP contribution in [-0.2, 0) is 16.1 Å². The molecule has 2 amide bonds. The maximum atomic E-state index is 12.9. The molecule has 65 heavy (non-hydrogen) atoms. The van der Waals surface area contributed by atoms with Crippen molar-refractivity contribution in [3.05, 3.63) is 109 Å². The smallest absolute Gasteiger partial charge is 0.245 e. The number of nitrogens with one attached hydrogen (secondary N) is 1. The van der Waals surface area contributed by atoms with Crippen LogP contribution in [0.25, 0.3) is 44.3 Å². The van der Waals surface area contributed by atoms with E-state index >= 15 is 0 Å². The Kier molecular flexibility index (Phi) is 10.8. The summed E-state index contributed by atoms with van der Waals surface area (Å²) >= 11 is 0. The summed E-state index contributed by atoms with van der Waals surface area (Å²) < 4.78 is 10.8. The first-order valence-electron chi connectivity index (χ1n) is 22.1. The van der Waals surface area contributed by atoms with Crippen LogP contribution in [0.4, 0.5) is 11.6 Å². The zero-order chi connectivity index (χ0) is 44.9. The van der Waals surface area contributed by atoms with E-state index in [4.69, 9.17) is 31.3 Å². The molecule has 9 heterocycles. The molecule has 0 radical (unpaired) electrons. The highest BCUT2D eigenvalue weighted by molar-refractivity contribution is 6.03. The van der Waals surface area contributed by atoms with Crippen LogP contribution in [0.2, 0.25) is 0 Å². The third-order valence-corrected chi connectivity index (χ3v) is 13.4. The fourth-order valence-electron chi connectivity index (χ4n) is 10.2. The molecule has 3 fully saturated rings. The molecular formula is C48H52N14O3. The summed E-state index contributed by atoms with van der Waals surface area (Å²) in [4.78, 5) is 57.8. The zero-order valence-electron chi connectivity index (χ0n) is 36.7. The maximum Gasteiger partial charge on any atom is 0.245 e. The molecule has 3 aliphatic heterocycles. The van der Waals surface area contributed by atoms with Crippen LogP contribution in [0.1, 0.15) is 66.2 Å². The number of carbonyl (C=O) groups excluding carboxylic acids is 2. The Morgan fingerprint density at radius 1 is 0.831 bits per heavy atom. The van der Waals surface area contributed by atoms with Gasteiger partial charge < -0.3 is 40.5 Å². The molecule has 7 aromatic rings. The van der Waals surface area contributed by atoms with Crippen LogP contribution in [-0.4, -0.2) is 117 Å². The number of amides is 2. The number of pyridine rings is 1. The second-order valence-corrected chi connectivity index (χ2v) is 17.5. The number of nitrogens with two attached hydrogens (primary N) is 2. The van der Waals surface area contributed by atoms with Crippen molar-refractivity contribution in [3.63, 3.8) is 0 Å².